The molecule has 0 aliphatic carbocycles. The number of nitrogens with zero attached hydrogens (tertiary/aromatic N) is 1. The zero-order valence-corrected chi connectivity index (χ0v) is 15.1. The highest BCUT2D eigenvalue weighted by Gasteiger charge is 2.18. The Hall–Kier alpha value is -3.27. The predicted molar refractivity (Wildman–Crippen MR) is 106 cm³/mol. The Morgan fingerprint density at radius 1 is 1.19 bits per heavy atom. The molecular weight excluding hydrogens is 342 g/mol. The maximum absolute atomic E-state index is 11.7. The second-order valence-corrected chi connectivity index (χ2v) is 5.75. The summed E-state index contributed by atoms with van der Waals surface area (Å²) in [4.78, 5) is 11.7. The lowest BCUT2D eigenvalue weighted by molar-refractivity contribution is 0.0697. The lowest BCUT2D eigenvalue weighted by Gasteiger charge is -2.23. The van der Waals surface area contributed by atoms with Crippen molar-refractivity contribution in [2.24, 2.45) is 5.73 Å². The number of hydrazine groups is 1. The first-order chi connectivity index (χ1) is 13.1. The minimum absolute atomic E-state index is 0.0353. The molecule has 2 aromatic carbocycles. The summed E-state index contributed by atoms with van der Waals surface area (Å²) in [7, 11) is 1.67. The summed E-state index contributed by atoms with van der Waals surface area (Å²) in [6, 6.07) is 14.4. The van der Waals surface area contributed by atoms with Gasteiger partial charge in [0.2, 0.25) is 0 Å². The predicted octanol–water partition coefficient (Wildman–Crippen LogP) is 2.30. The second-order valence-electron chi connectivity index (χ2n) is 5.75. The first-order valence-corrected chi connectivity index (χ1v) is 8.53. The van der Waals surface area contributed by atoms with Gasteiger partial charge in [0, 0.05) is 31.1 Å². The van der Waals surface area contributed by atoms with Gasteiger partial charge in [-0.2, -0.15) is 0 Å². The molecule has 0 saturated carbocycles. The Morgan fingerprint density at radius 2 is 1.93 bits per heavy atom. The molecule has 0 aliphatic heterocycles. The Morgan fingerprint density at radius 3 is 2.56 bits per heavy atom. The molecule has 2 aromatic rings. The zero-order valence-electron chi connectivity index (χ0n) is 15.1. The van der Waals surface area contributed by atoms with E-state index in [-0.39, 0.29) is 12.2 Å². The molecule has 27 heavy (non-hydrogen) atoms. The molecule has 0 spiro atoms. The molecule has 0 unspecified atom stereocenters. The fourth-order valence-corrected chi connectivity index (χ4v) is 2.49. The highest BCUT2D eigenvalue weighted by Crippen LogP contribution is 2.25. The van der Waals surface area contributed by atoms with Gasteiger partial charge in [-0.1, -0.05) is 36.1 Å². The van der Waals surface area contributed by atoms with Crippen molar-refractivity contribution in [1.82, 2.24) is 5.43 Å². The number of nitrogens with two attached hydrogens (primary N) is 1. The van der Waals surface area contributed by atoms with Gasteiger partial charge in [0.1, 0.15) is 0 Å². The van der Waals surface area contributed by atoms with Crippen LogP contribution in [0.5, 0.6) is 0 Å². The van der Waals surface area contributed by atoms with Gasteiger partial charge in [0.25, 0.3) is 0 Å². The number of hydrogen-bond donors (Lipinski definition) is 4. The van der Waals surface area contributed by atoms with Crippen LogP contribution in [0.15, 0.2) is 60.4 Å². The maximum atomic E-state index is 11.7. The third-order valence-electron chi connectivity index (χ3n) is 3.78. The number of allylic oxidation sites excluding steroid dienone is 1. The lowest BCUT2D eigenvalue weighted by atomic mass is 10.1. The van der Waals surface area contributed by atoms with Gasteiger partial charge in [0.05, 0.1) is 16.8 Å². The van der Waals surface area contributed by atoms with Crippen LogP contribution in [0.4, 0.5) is 5.69 Å². The van der Waals surface area contributed by atoms with E-state index in [9.17, 15) is 9.90 Å². The lowest BCUT2D eigenvalue weighted by Crippen LogP contribution is -2.33. The number of carbonyl (C=O) groups is 1. The van der Waals surface area contributed by atoms with Gasteiger partial charge in [-0.25, -0.2) is 10.2 Å². The molecule has 0 bridgehead atoms. The number of aliphatic hydroxyl groups excluding tert-OH is 1. The van der Waals surface area contributed by atoms with Crippen molar-refractivity contribution in [3.05, 3.63) is 77.1 Å². The molecule has 140 valence electrons. The average Bonchev–Trinajstić information content (AvgIpc) is 2.69. The molecule has 0 heterocycles. The van der Waals surface area contributed by atoms with Crippen LogP contribution in [0, 0.1) is 11.8 Å². The molecule has 0 atom stereocenters. The number of para-hydroxylation sites is 1. The van der Waals surface area contributed by atoms with Crippen LogP contribution in [0.25, 0.3) is 0 Å². The van der Waals surface area contributed by atoms with Crippen LogP contribution in [0.3, 0.4) is 0 Å². The Bertz CT molecular complexity index is 867. The highest BCUT2D eigenvalue weighted by molar-refractivity contribution is 5.96. The first kappa shape index (κ1) is 20.0. The van der Waals surface area contributed by atoms with E-state index in [0.717, 1.165) is 5.56 Å². The van der Waals surface area contributed by atoms with Crippen molar-refractivity contribution in [3.8, 4) is 11.8 Å². The SMILES string of the molecule is CNN(/C=C(\N)CCCO)c1c(C#Cc2ccccc2)cccc1C(=O)O. The largest absolute Gasteiger partial charge is 0.478 e. The molecule has 0 radical (unpaired) electrons. The molecule has 2 rings (SSSR count). The van der Waals surface area contributed by atoms with E-state index in [1.54, 1.807) is 30.4 Å². The number of carboxylic acid groups (broad SMARTS) is 1. The van der Waals surface area contributed by atoms with Crippen molar-refractivity contribution in [3.63, 3.8) is 0 Å². The number of rotatable bonds is 7. The van der Waals surface area contributed by atoms with Crippen LogP contribution < -0.4 is 16.2 Å². The number of aromatic carboxylic acids is 1. The molecule has 0 aromatic heterocycles. The third kappa shape index (κ3) is 5.61. The van der Waals surface area contributed by atoms with Crippen molar-refractivity contribution >= 4 is 11.7 Å². The first-order valence-electron chi connectivity index (χ1n) is 8.53. The van der Waals surface area contributed by atoms with Gasteiger partial charge in [-0.05, 0) is 37.1 Å². The summed E-state index contributed by atoms with van der Waals surface area (Å²) in [6.45, 7) is 0.0353. The molecule has 6 heteroatoms. The molecule has 0 amide bonds. The summed E-state index contributed by atoms with van der Waals surface area (Å²) in [5.41, 5.74) is 11.4. The van der Waals surface area contributed by atoms with Gasteiger partial charge in [0.15, 0.2) is 0 Å². The Labute approximate surface area is 158 Å². The van der Waals surface area contributed by atoms with Gasteiger partial charge < -0.3 is 15.9 Å². The normalized spacial score (nSPS) is 10.8. The summed E-state index contributed by atoms with van der Waals surface area (Å²) >= 11 is 0. The number of aliphatic hydroxyl groups is 1. The van der Waals surface area contributed by atoms with E-state index in [1.807, 2.05) is 30.3 Å². The highest BCUT2D eigenvalue weighted by atomic mass is 16.4. The summed E-state index contributed by atoms with van der Waals surface area (Å²) in [5, 5.41) is 20.1. The van der Waals surface area contributed by atoms with Gasteiger partial charge in [-0.3, -0.25) is 5.01 Å². The van der Waals surface area contributed by atoms with E-state index in [2.05, 4.69) is 17.3 Å². The zero-order chi connectivity index (χ0) is 19.6. The number of anilines is 1. The topological polar surface area (TPSA) is 98.8 Å². The van der Waals surface area contributed by atoms with Crippen molar-refractivity contribution in [2.45, 2.75) is 12.8 Å². The maximum Gasteiger partial charge on any atom is 0.337 e. The smallest absolute Gasteiger partial charge is 0.337 e. The Kier molecular flexibility index (Phi) is 7.44. The molecule has 0 fully saturated rings. The summed E-state index contributed by atoms with van der Waals surface area (Å²) in [5.74, 6) is 5.04. The average molecular weight is 365 g/mol. The summed E-state index contributed by atoms with van der Waals surface area (Å²) in [6.07, 6.45) is 2.64. The minimum Gasteiger partial charge on any atom is -0.478 e. The monoisotopic (exact) mass is 365 g/mol. The van der Waals surface area contributed by atoms with Crippen LogP contribution in [-0.2, 0) is 0 Å². The summed E-state index contributed by atoms with van der Waals surface area (Å²) < 4.78 is 0. The van der Waals surface area contributed by atoms with E-state index < -0.39 is 5.97 Å². The van der Waals surface area contributed by atoms with Gasteiger partial charge in [-0.15, -0.1) is 0 Å². The van der Waals surface area contributed by atoms with E-state index in [1.165, 1.54) is 6.07 Å². The van der Waals surface area contributed by atoms with Crippen LogP contribution >= 0.6 is 0 Å². The number of hydrogen-bond acceptors (Lipinski definition) is 5. The number of benzene rings is 2. The van der Waals surface area contributed by atoms with Crippen molar-refractivity contribution in [1.29, 1.82) is 0 Å². The quantitative estimate of drug-likeness (QED) is 0.444. The molecule has 0 aliphatic rings. The Balaban J connectivity index is 2.51. The number of nitrogens with one attached hydrogen (secondary N) is 1. The van der Waals surface area contributed by atoms with Crippen LogP contribution in [-0.4, -0.2) is 29.8 Å². The fourth-order valence-electron chi connectivity index (χ4n) is 2.49. The standard InChI is InChI=1S/C21H23N3O3/c1-23-24(15-18(22)10-6-14-25)20-17(9-5-11-19(20)21(26)27)13-12-16-7-3-2-4-8-16/h2-5,7-9,11,15,23,25H,6,10,14,22H2,1H3,(H,26,27)/b18-15-. The molecule has 0 saturated heterocycles. The van der Waals surface area contributed by atoms with Crippen molar-refractivity contribution < 1.29 is 15.0 Å². The second kappa shape index (κ2) is 10.0. The van der Waals surface area contributed by atoms with E-state index in [0.29, 0.717) is 29.8 Å². The fraction of sp³-hybridized carbons (Fsp3) is 0.190. The van der Waals surface area contributed by atoms with Crippen molar-refractivity contribution in [2.75, 3.05) is 18.7 Å². The van der Waals surface area contributed by atoms with Gasteiger partial charge >= 0.3 is 5.97 Å². The molecule has 6 nitrogen and oxygen atoms in total. The third-order valence-corrected chi connectivity index (χ3v) is 3.78. The minimum atomic E-state index is -1.06. The van der Waals surface area contributed by atoms with E-state index >= 15 is 0 Å². The van der Waals surface area contributed by atoms with E-state index in [4.69, 9.17) is 10.8 Å². The van der Waals surface area contributed by atoms with Crippen LogP contribution in [0.1, 0.15) is 34.3 Å². The number of carboxylic acids is 1. The van der Waals surface area contributed by atoms with Crippen LogP contribution in [0.2, 0.25) is 0 Å². The molecular formula is C21H23N3O3. The molecule has 5 N–H and O–H groups in total.